The number of aromatic nitrogens is 1. The molecule has 1 unspecified atom stereocenters. The highest BCUT2D eigenvalue weighted by molar-refractivity contribution is 7.09. The molecule has 0 fully saturated rings. The van der Waals surface area contributed by atoms with E-state index in [1.807, 2.05) is 6.92 Å². The van der Waals surface area contributed by atoms with Crippen molar-refractivity contribution in [2.24, 2.45) is 0 Å². The fraction of sp³-hybridized carbons (Fsp3) is 0.400. The van der Waals surface area contributed by atoms with Crippen molar-refractivity contribution in [3.05, 3.63) is 51.5 Å². The number of hydrogen-bond donors (Lipinski definition) is 1. The van der Waals surface area contributed by atoms with Crippen LogP contribution in [0.25, 0.3) is 0 Å². The van der Waals surface area contributed by atoms with Crippen molar-refractivity contribution in [2.75, 3.05) is 0 Å². The minimum absolute atomic E-state index is 0.410. The summed E-state index contributed by atoms with van der Waals surface area (Å²) in [5.41, 5.74) is 3.81. The molecule has 1 heterocycles. The molecular formula is C15H20N2S. The van der Waals surface area contributed by atoms with Gasteiger partial charge in [0.15, 0.2) is 0 Å². The smallest absolute Gasteiger partial charge is 0.0897 e. The lowest BCUT2D eigenvalue weighted by molar-refractivity contribution is 0.515. The average Bonchev–Trinajstić information content (AvgIpc) is 2.78. The number of thiazole rings is 1. The van der Waals surface area contributed by atoms with Crippen molar-refractivity contribution in [2.45, 2.75) is 39.8 Å². The van der Waals surface area contributed by atoms with E-state index >= 15 is 0 Å². The predicted octanol–water partition coefficient (Wildman–Crippen LogP) is 4.00. The molecule has 0 radical (unpaired) electrons. The molecule has 0 aliphatic rings. The third-order valence-corrected chi connectivity index (χ3v) is 3.91. The second-order valence-electron chi connectivity index (χ2n) is 4.61. The summed E-state index contributed by atoms with van der Waals surface area (Å²) in [6.45, 7) is 7.22. The Morgan fingerprint density at radius 3 is 2.50 bits per heavy atom. The molecule has 96 valence electrons. The van der Waals surface area contributed by atoms with E-state index in [4.69, 9.17) is 0 Å². The normalized spacial score (nSPS) is 12.6. The first-order chi connectivity index (χ1) is 8.69. The summed E-state index contributed by atoms with van der Waals surface area (Å²) in [4.78, 5) is 4.48. The number of benzene rings is 1. The molecule has 2 rings (SSSR count). The van der Waals surface area contributed by atoms with Crippen LogP contribution in [0, 0.1) is 13.8 Å². The number of hydrogen-bond acceptors (Lipinski definition) is 3. The Morgan fingerprint density at radius 1 is 1.22 bits per heavy atom. The van der Waals surface area contributed by atoms with Gasteiger partial charge in [0.2, 0.25) is 0 Å². The zero-order chi connectivity index (χ0) is 13.0. The van der Waals surface area contributed by atoms with Crippen LogP contribution in [0.3, 0.4) is 0 Å². The molecule has 0 saturated heterocycles. The van der Waals surface area contributed by atoms with Crippen molar-refractivity contribution in [3.8, 4) is 0 Å². The maximum atomic E-state index is 4.48. The van der Waals surface area contributed by atoms with Gasteiger partial charge in [-0.3, -0.25) is 0 Å². The van der Waals surface area contributed by atoms with Crippen LogP contribution < -0.4 is 5.32 Å². The van der Waals surface area contributed by atoms with E-state index in [0.717, 1.165) is 23.7 Å². The minimum Gasteiger partial charge on any atom is -0.304 e. The van der Waals surface area contributed by atoms with E-state index in [1.165, 1.54) is 11.1 Å². The number of nitrogens with zero attached hydrogens (tertiary/aromatic N) is 1. The van der Waals surface area contributed by atoms with Gasteiger partial charge in [0, 0.05) is 18.0 Å². The predicted molar refractivity (Wildman–Crippen MR) is 77.9 cm³/mol. The largest absolute Gasteiger partial charge is 0.304 e. The number of aryl methyl sites for hydroxylation is 2. The van der Waals surface area contributed by atoms with Gasteiger partial charge in [0.25, 0.3) is 0 Å². The molecule has 1 N–H and O–H groups in total. The lowest BCUT2D eigenvalue weighted by Crippen LogP contribution is -2.20. The van der Waals surface area contributed by atoms with Crippen molar-refractivity contribution in [1.82, 2.24) is 10.3 Å². The van der Waals surface area contributed by atoms with Crippen molar-refractivity contribution in [3.63, 3.8) is 0 Å². The van der Waals surface area contributed by atoms with Crippen molar-refractivity contribution in [1.29, 1.82) is 0 Å². The van der Waals surface area contributed by atoms with Gasteiger partial charge in [0.1, 0.15) is 0 Å². The molecule has 0 aliphatic carbocycles. The summed E-state index contributed by atoms with van der Waals surface area (Å²) in [5.74, 6) is 0. The highest BCUT2D eigenvalue weighted by Gasteiger charge is 2.09. The van der Waals surface area contributed by atoms with E-state index < -0.39 is 0 Å². The van der Waals surface area contributed by atoms with Gasteiger partial charge >= 0.3 is 0 Å². The third kappa shape index (κ3) is 3.40. The lowest BCUT2D eigenvalue weighted by Gasteiger charge is -2.17. The molecule has 3 heteroatoms. The van der Waals surface area contributed by atoms with Crippen LogP contribution >= 0.6 is 11.3 Å². The molecule has 1 atom stereocenters. The zero-order valence-corrected chi connectivity index (χ0v) is 12.1. The highest BCUT2D eigenvalue weighted by atomic mass is 32.1. The summed E-state index contributed by atoms with van der Waals surface area (Å²) >= 11 is 1.71. The zero-order valence-electron chi connectivity index (χ0n) is 11.2. The summed E-state index contributed by atoms with van der Waals surface area (Å²) in [5, 5.41) is 6.84. The Hall–Kier alpha value is -1.19. The van der Waals surface area contributed by atoms with E-state index in [0.29, 0.717) is 6.04 Å². The summed E-state index contributed by atoms with van der Waals surface area (Å²) in [7, 11) is 0. The van der Waals surface area contributed by atoms with Crippen LogP contribution in [-0.2, 0) is 6.54 Å². The van der Waals surface area contributed by atoms with Gasteiger partial charge in [-0.25, -0.2) is 4.98 Å². The second-order valence-corrected chi connectivity index (χ2v) is 5.67. The quantitative estimate of drug-likeness (QED) is 0.879. The van der Waals surface area contributed by atoms with E-state index in [9.17, 15) is 0 Å². The number of nitrogens with one attached hydrogen (secondary N) is 1. The van der Waals surface area contributed by atoms with Crippen LogP contribution in [0.1, 0.15) is 41.2 Å². The van der Waals surface area contributed by atoms with Crippen molar-refractivity contribution < 1.29 is 0 Å². The topological polar surface area (TPSA) is 24.9 Å². The van der Waals surface area contributed by atoms with Crippen LogP contribution in [0.15, 0.2) is 29.6 Å². The Bertz CT molecular complexity index is 487. The van der Waals surface area contributed by atoms with Gasteiger partial charge < -0.3 is 5.32 Å². The highest BCUT2D eigenvalue weighted by Crippen LogP contribution is 2.18. The standard InChI is InChI=1S/C15H20N2S/c1-4-15(13-7-5-11(2)6-8-13)16-9-14-10-18-12(3)17-14/h5-8,10,15-16H,4,9H2,1-3H3. The molecule has 0 spiro atoms. The van der Waals surface area contributed by atoms with Crippen LogP contribution in [0.4, 0.5) is 0 Å². The molecule has 0 bridgehead atoms. The summed E-state index contributed by atoms with van der Waals surface area (Å²) < 4.78 is 0. The van der Waals surface area contributed by atoms with Crippen LogP contribution in [-0.4, -0.2) is 4.98 Å². The number of rotatable bonds is 5. The molecule has 0 aliphatic heterocycles. The second kappa shape index (κ2) is 6.12. The lowest BCUT2D eigenvalue weighted by atomic mass is 10.0. The van der Waals surface area contributed by atoms with Crippen LogP contribution in [0.5, 0.6) is 0 Å². The van der Waals surface area contributed by atoms with E-state index in [1.54, 1.807) is 11.3 Å². The Balaban J connectivity index is 1.99. The van der Waals surface area contributed by atoms with E-state index in [-0.39, 0.29) is 0 Å². The average molecular weight is 260 g/mol. The maximum absolute atomic E-state index is 4.48. The molecule has 1 aromatic heterocycles. The Labute approximate surface area is 113 Å². The third-order valence-electron chi connectivity index (χ3n) is 3.08. The molecular weight excluding hydrogens is 240 g/mol. The molecule has 18 heavy (non-hydrogen) atoms. The first-order valence-electron chi connectivity index (χ1n) is 6.40. The van der Waals surface area contributed by atoms with Gasteiger partial charge in [-0.05, 0) is 25.8 Å². The molecule has 2 aromatic rings. The van der Waals surface area contributed by atoms with Crippen LogP contribution in [0.2, 0.25) is 0 Å². The molecule has 0 saturated carbocycles. The fourth-order valence-electron chi connectivity index (χ4n) is 2.01. The monoisotopic (exact) mass is 260 g/mol. The van der Waals surface area contributed by atoms with Gasteiger partial charge in [-0.15, -0.1) is 11.3 Å². The fourth-order valence-corrected chi connectivity index (χ4v) is 2.63. The maximum Gasteiger partial charge on any atom is 0.0897 e. The first kappa shape index (κ1) is 13.2. The minimum atomic E-state index is 0.410. The first-order valence-corrected chi connectivity index (χ1v) is 7.28. The van der Waals surface area contributed by atoms with Gasteiger partial charge in [-0.2, -0.15) is 0 Å². The van der Waals surface area contributed by atoms with E-state index in [2.05, 4.69) is 53.8 Å². The summed E-state index contributed by atoms with van der Waals surface area (Å²) in [6.07, 6.45) is 1.09. The van der Waals surface area contributed by atoms with Gasteiger partial charge in [-0.1, -0.05) is 36.8 Å². The van der Waals surface area contributed by atoms with Gasteiger partial charge in [0.05, 0.1) is 10.7 Å². The Kier molecular flexibility index (Phi) is 4.50. The molecule has 1 aromatic carbocycles. The van der Waals surface area contributed by atoms with Crippen molar-refractivity contribution >= 4 is 11.3 Å². The molecule has 0 amide bonds. The SMILES string of the molecule is CCC(NCc1csc(C)n1)c1ccc(C)cc1. The Morgan fingerprint density at radius 2 is 1.94 bits per heavy atom. The molecule has 2 nitrogen and oxygen atoms in total. The summed E-state index contributed by atoms with van der Waals surface area (Å²) in [6, 6.07) is 9.18.